The van der Waals surface area contributed by atoms with E-state index in [0.717, 1.165) is 23.8 Å². The van der Waals surface area contributed by atoms with Crippen LogP contribution in [0, 0.1) is 12.8 Å². The van der Waals surface area contributed by atoms with Crippen LogP contribution in [0.25, 0.3) is 11.0 Å². The molecule has 2 aromatic heterocycles. The number of para-hydroxylation sites is 1. The Morgan fingerprint density at radius 2 is 2.04 bits per heavy atom. The third-order valence-electron chi connectivity index (χ3n) is 3.99. The number of aromatic nitrogens is 1. The summed E-state index contributed by atoms with van der Waals surface area (Å²) in [6.07, 6.45) is 0.772. The highest BCUT2D eigenvalue weighted by Crippen LogP contribution is 2.24. The third kappa shape index (κ3) is 4.45. The van der Waals surface area contributed by atoms with Gasteiger partial charge in [-0.05, 0) is 31.4 Å². The SMILES string of the molecule is Cc1nc(NC(=O)c2cc(=O)c3ccccc3o2)sc1C(=O)OCCC(C)C. The van der Waals surface area contributed by atoms with Crippen LogP contribution in [0.15, 0.2) is 39.5 Å². The van der Waals surface area contributed by atoms with E-state index in [1.807, 2.05) is 13.8 Å². The van der Waals surface area contributed by atoms with Crippen molar-refractivity contribution in [2.24, 2.45) is 5.92 Å². The molecule has 1 aromatic carbocycles. The first-order valence-corrected chi connectivity index (χ1v) is 9.65. The number of carbonyl (C=O) groups excluding carboxylic acids is 2. The van der Waals surface area contributed by atoms with Crippen LogP contribution < -0.4 is 10.7 Å². The lowest BCUT2D eigenvalue weighted by molar-refractivity contribution is 0.0492. The molecule has 7 nitrogen and oxygen atoms in total. The summed E-state index contributed by atoms with van der Waals surface area (Å²) in [5, 5.41) is 3.20. The second kappa shape index (κ2) is 8.35. The second-order valence-electron chi connectivity index (χ2n) is 6.68. The Morgan fingerprint density at radius 1 is 1.29 bits per heavy atom. The van der Waals surface area contributed by atoms with E-state index >= 15 is 0 Å². The number of rotatable bonds is 6. The number of benzene rings is 1. The van der Waals surface area contributed by atoms with Gasteiger partial charge in [-0.15, -0.1) is 0 Å². The van der Waals surface area contributed by atoms with E-state index < -0.39 is 11.9 Å². The molecule has 0 saturated carbocycles. The van der Waals surface area contributed by atoms with Crippen molar-refractivity contribution < 1.29 is 18.7 Å². The molecule has 3 rings (SSSR count). The smallest absolute Gasteiger partial charge is 0.350 e. The van der Waals surface area contributed by atoms with E-state index in [-0.39, 0.29) is 16.3 Å². The van der Waals surface area contributed by atoms with Crippen LogP contribution in [0.1, 0.15) is 46.2 Å². The molecule has 3 aromatic rings. The van der Waals surface area contributed by atoms with Crippen molar-refractivity contribution in [2.45, 2.75) is 27.2 Å². The van der Waals surface area contributed by atoms with Crippen LogP contribution in [0.3, 0.4) is 0 Å². The minimum absolute atomic E-state index is 0.127. The maximum atomic E-state index is 12.5. The zero-order chi connectivity index (χ0) is 20.3. The summed E-state index contributed by atoms with van der Waals surface area (Å²) < 4.78 is 10.8. The van der Waals surface area contributed by atoms with Gasteiger partial charge in [0.05, 0.1) is 17.7 Å². The Kier molecular flexibility index (Phi) is 5.89. The monoisotopic (exact) mass is 400 g/mol. The number of fused-ring (bicyclic) bond motifs is 1. The van der Waals surface area contributed by atoms with Crippen molar-refractivity contribution in [1.29, 1.82) is 0 Å². The van der Waals surface area contributed by atoms with E-state index in [0.29, 0.717) is 34.1 Å². The Labute approximate surface area is 165 Å². The van der Waals surface area contributed by atoms with Gasteiger partial charge in [0, 0.05) is 6.07 Å². The Balaban J connectivity index is 1.74. The number of nitrogens with zero attached hydrogens (tertiary/aromatic N) is 1. The van der Waals surface area contributed by atoms with Crippen molar-refractivity contribution in [3.05, 3.63) is 56.9 Å². The largest absolute Gasteiger partial charge is 0.461 e. The van der Waals surface area contributed by atoms with Gasteiger partial charge in [-0.25, -0.2) is 9.78 Å². The summed E-state index contributed by atoms with van der Waals surface area (Å²) >= 11 is 1.02. The van der Waals surface area contributed by atoms with Gasteiger partial charge in [0.15, 0.2) is 16.3 Å². The van der Waals surface area contributed by atoms with Gasteiger partial charge in [-0.2, -0.15) is 0 Å². The number of hydrogen-bond acceptors (Lipinski definition) is 7. The lowest BCUT2D eigenvalue weighted by atomic mass is 10.1. The molecule has 0 fully saturated rings. The summed E-state index contributed by atoms with van der Waals surface area (Å²) in [5.74, 6) is -0.774. The molecule has 0 unspecified atom stereocenters. The number of anilines is 1. The molecule has 0 atom stereocenters. The van der Waals surface area contributed by atoms with Gasteiger partial charge in [0.25, 0.3) is 5.91 Å². The third-order valence-corrected chi connectivity index (χ3v) is 5.04. The molecule has 146 valence electrons. The first kappa shape index (κ1) is 19.8. The van der Waals surface area contributed by atoms with Crippen LogP contribution in [0.4, 0.5) is 5.13 Å². The second-order valence-corrected chi connectivity index (χ2v) is 7.68. The highest BCUT2D eigenvalue weighted by atomic mass is 32.1. The van der Waals surface area contributed by atoms with Crippen LogP contribution >= 0.6 is 11.3 Å². The highest BCUT2D eigenvalue weighted by molar-refractivity contribution is 7.17. The molecule has 0 aliphatic carbocycles. The van der Waals surface area contributed by atoms with Crippen LogP contribution in [-0.2, 0) is 4.74 Å². The van der Waals surface area contributed by atoms with E-state index in [4.69, 9.17) is 9.15 Å². The molecule has 1 N–H and O–H groups in total. The molecule has 0 radical (unpaired) electrons. The summed E-state index contributed by atoms with van der Waals surface area (Å²) in [6, 6.07) is 7.82. The average molecular weight is 400 g/mol. The molecule has 0 aliphatic rings. The normalized spacial score (nSPS) is 11.0. The van der Waals surface area contributed by atoms with Crippen molar-refractivity contribution in [3.63, 3.8) is 0 Å². The Hall–Kier alpha value is -3.00. The maximum Gasteiger partial charge on any atom is 0.350 e. The van der Waals surface area contributed by atoms with Crippen molar-refractivity contribution in [2.75, 3.05) is 11.9 Å². The minimum atomic E-state index is -0.615. The molecule has 1 amide bonds. The van der Waals surface area contributed by atoms with Gasteiger partial charge < -0.3 is 9.15 Å². The van der Waals surface area contributed by atoms with Gasteiger partial charge >= 0.3 is 5.97 Å². The lowest BCUT2D eigenvalue weighted by Crippen LogP contribution is -2.14. The molecular weight excluding hydrogens is 380 g/mol. The predicted octanol–water partition coefficient (Wildman–Crippen LogP) is 4.01. The fourth-order valence-corrected chi connectivity index (χ4v) is 3.32. The first-order chi connectivity index (χ1) is 13.3. The molecule has 28 heavy (non-hydrogen) atoms. The summed E-state index contributed by atoms with van der Waals surface area (Å²) in [7, 11) is 0. The number of ether oxygens (including phenoxy) is 1. The van der Waals surface area contributed by atoms with Crippen LogP contribution in [0.5, 0.6) is 0 Å². The Morgan fingerprint density at radius 3 is 2.79 bits per heavy atom. The minimum Gasteiger partial charge on any atom is -0.461 e. The van der Waals surface area contributed by atoms with Crippen molar-refractivity contribution in [3.8, 4) is 0 Å². The lowest BCUT2D eigenvalue weighted by Gasteiger charge is -2.05. The number of esters is 1. The average Bonchev–Trinajstić information content (AvgIpc) is 3.01. The standard InChI is InChI=1S/C20H20N2O5S/c1-11(2)8-9-26-19(25)17-12(3)21-20(28-17)22-18(24)16-10-14(23)13-6-4-5-7-15(13)27-16/h4-7,10-11H,8-9H2,1-3H3,(H,21,22,24). The van der Waals surface area contributed by atoms with Crippen LogP contribution in [-0.4, -0.2) is 23.5 Å². The maximum absolute atomic E-state index is 12.5. The predicted molar refractivity (Wildman–Crippen MR) is 107 cm³/mol. The fourth-order valence-electron chi connectivity index (χ4n) is 2.47. The Bertz CT molecular complexity index is 1080. The van der Waals surface area contributed by atoms with Crippen molar-refractivity contribution >= 4 is 39.3 Å². The molecule has 0 bridgehead atoms. The zero-order valence-corrected chi connectivity index (χ0v) is 16.6. The fraction of sp³-hybridized carbons (Fsp3) is 0.300. The van der Waals surface area contributed by atoms with Gasteiger partial charge in [0.1, 0.15) is 10.5 Å². The molecule has 2 heterocycles. The first-order valence-electron chi connectivity index (χ1n) is 8.84. The number of aryl methyl sites for hydroxylation is 1. The van der Waals surface area contributed by atoms with E-state index in [9.17, 15) is 14.4 Å². The summed E-state index contributed by atoms with van der Waals surface area (Å²) in [5.41, 5.74) is 0.483. The van der Waals surface area contributed by atoms with Crippen molar-refractivity contribution in [1.82, 2.24) is 4.98 Å². The van der Waals surface area contributed by atoms with E-state index in [2.05, 4.69) is 10.3 Å². The number of amides is 1. The number of thiazole rings is 1. The van der Waals surface area contributed by atoms with E-state index in [1.165, 1.54) is 0 Å². The number of hydrogen-bond donors (Lipinski definition) is 1. The van der Waals surface area contributed by atoms with Crippen LogP contribution in [0.2, 0.25) is 0 Å². The number of carbonyl (C=O) groups is 2. The van der Waals surface area contributed by atoms with Gasteiger partial charge in [0.2, 0.25) is 0 Å². The molecule has 0 spiro atoms. The topological polar surface area (TPSA) is 98.5 Å². The highest BCUT2D eigenvalue weighted by Gasteiger charge is 2.20. The summed E-state index contributed by atoms with van der Waals surface area (Å²) in [6.45, 7) is 6.09. The molecular formula is C20H20N2O5S. The quantitative estimate of drug-likeness (QED) is 0.628. The molecule has 0 aliphatic heterocycles. The molecule has 0 saturated heterocycles. The van der Waals surface area contributed by atoms with Gasteiger partial charge in [-0.3, -0.25) is 14.9 Å². The molecule has 8 heteroatoms. The zero-order valence-electron chi connectivity index (χ0n) is 15.8. The van der Waals surface area contributed by atoms with Gasteiger partial charge in [-0.1, -0.05) is 37.3 Å². The summed E-state index contributed by atoms with van der Waals surface area (Å²) in [4.78, 5) is 41.3. The number of nitrogens with one attached hydrogen (secondary N) is 1. The van der Waals surface area contributed by atoms with E-state index in [1.54, 1.807) is 31.2 Å².